The van der Waals surface area contributed by atoms with Crippen molar-refractivity contribution < 1.29 is 14.3 Å². The summed E-state index contributed by atoms with van der Waals surface area (Å²) in [7, 11) is 1.51. The molecule has 2 unspecified atom stereocenters. The number of methoxy groups -OCH3 is 1. The Labute approximate surface area is 128 Å². The van der Waals surface area contributed by atoms with Crippen LogP contribution >= 0.6 is 0 Å². The van der Waals surface area contributed by atoms with E-state index in [2.05, 4.69) is 15.3 Å². The molecule has 22 heavy (non-hydrogen) atoms. The van der Waals surface area contributed by atoms with Crippen molar-refractivity contribution >= 4 is 22.6 Å². The Bertz CT molecular complexity index is 664. The van der Waals surface area contributed by atoms with Crippen LogP contribution in [0.1, 0.15) is 24.8 Å². The van der Waals surface area contributed by atoms with E-state index in [0.717, 1.165) is 36.3 Å². The van der Waals surface area contributed by atoms with E-state index in [1.165, 1.54) is 7.11 Å². The molecule has 0 bridgehead atoms. The highest BCUT2D eigenvalue weighted by Crippen LogP contribution is 2.28. The van der Waals surface area contributed by atoms with Gasteiger partial charge in [0.2, 0.25) is 5.91 Å². The van der Waals surface area contributed by atoms with Gasteiger partial charge in [0.15, 0.2) is 0 Å². The molecular formula is C15H20N4O3. The van der Waals surface area contributed by atoms with Crippen LogP contribution in [-0.4, -0.2) is 42.2 Å². The number of carbonyl (C=O) groups is 1. The first kappa shape index (κ1) is 15.0. The number of nitrogens with one attached hydrogen (secondary N) is 2. The second kappa shape index (κ2) is 6.43. The van der Waals surface area contributed by atoms with Gasteiger partial charge in [-0.15, -0.1) is 0 Å². The molecule has 1 aromatic carbocycles. The smallest absolute Gasteiger partial charge is 0.243 e. The summed E-state index contributed by atoms with van der Waals surface area (Å²) >= 11 is 0. The average Bonchev–Trinajstić information content (AvgIpc) is 3.15. The number of ether oxygens (including phenoxy) is 2. The molecule has 1 aliphatic heterocycles. The molecule has 4 N–H and O–H groups in total. The van der Waals surface area contributed by atoms with Gasteiger partial charge in [-0.2, -0.15) is 0 Å². The summed E-state index contributed by atoms with van der Waals surface area (Å²) in [5, 5.41) is 2.77. The third kappa shape index (κ3) is 3.11. The first-order valence-electron chi connectivity index (χ1n) is 7.34. The lowest BCUT2D eigenvalue weighted by Gasteiger charge is -2.11. The largest absolute Gasteiger partial charge is 0.383 e. The van der Waals surface area contributed by atoms with E-state index in [0.29, 0.717) is 5.69 Å². The highest BCUT2D eigenvalue weighted by molar-refractivity contribution is 5.96. The maximum atomic E-state index is 11.9. The molecule has 1 aromatic heterocycles. The highest BCUT2D eigenvalue weighted by Gasteiger charge is 2.21. The summed E-state index contributed by atoms with van der Waals surface area (Å²) in [6.45, 7) is 0.960. The standard InChI is InChI=1S/C15H20N4O3/c1-21-8-10(16)15(20)17-9-4-5-11-12(7-9)19-14(18-11)13-3-2-6-22-13/h4-5,7,10,13H,2-3,6,8,16H2,1H3,(H,17,20)(H,18,19). The fourth-order valence-corrected chi connectivity index (χ4v) is 2.54. The molecule has 0 spiro atoms. The molecule has 3 rings (SSSR count). The molecule has 0 saturated carbocycles. The summed E-state index contributed by atoms with van der Waals surface area (Å²) in [6, 6.07) is 4.82. The van der Waals surface area contributed by atoms with Crippen LogP contribution in [0.4, 0.5) is 5.69 Å². The van der Waals surface area contributed by atoms with Gasteiger partial charge in [0.25, 0.3) is 0 Å². The van der Waals surface area contributed by atoms with Crippen molar-refractivity contribution in [2.45, 2.75) is 25.0 Å². The minimum absolute atomic E-state index is 0.0422. The topological polar surface area (TPSA) is 102 Å². The highest BCUT2D eigenvalue weighted by atomic mass is 16.5. The summed E-state index contributed by atoms with van der Waals surface area (Å²) in [4.78, 5) is 19.7. The van der Waals surface area contributed by atoms with Gasteiger partial charge in [-0.3, -0.25) is 4.79 Å². The van der Waals surface area contributed by atoms with E-state index in [9.17, 15) is 4.79 Å². The van der Waals surface area contributed by atoms with Gasteiger partial charge in [0.05, 0.1) is 17.6 Å². The summed E-state index contributed by atoms with van der Waals surface area (Å²) in [5.41, 5.74) is 8.09. The minimum Gasteiger partial charge on any atom is -0.383 e. The van der Waals surface area contributed by atoms with Gasteiger partial charge in [0, 0.05) is 19.4 Å². The zero-order chi connectivity index (χ0) is 15.5. The molecule has 7 heteroatoms. The minimum atomic E-state index is -0.690. The lowest BCUT2D eigenvalue weighted by molar-refractivity contribution is -0.118. The van der Waals surface area contributed by atoms with Gasteiger partial charge in [-0.1, -0.05) is 0 Å². The Morgan fingerprint density at radius 3 is 3.23 bits per heavy atom. The first-order valence-corrected chi connectivity index (χ1v) is 7.34. The van der Waals surface area contributed by atoms with Crippen molar-refractivity contribution in [1.82, 2.24) is 9.97 Å². The van der Waals surface area contributed by atoms with Gasteiger partial charge in [-0.25, -0.2) is 4.98 Å². The summed E-state index contributed by atoms with van der Waals surface area (Å²) < 4.78 is 10.5. The molecule has 7 nitrogen and oxygen atoms in total. The Kier molecular flexibility index (Phi) is 4.37. The molecule has 2 aromatic rings. The van der Waals surface area contributed by atoms with Crippen LogP contribution in [0.3, 0.4) is 0 Å². The second-order valence-electron chi connectivity index (χ2n) is 5.41. The zero-order valence-corrected chi connectivity index (χ0v) is 12.5. The monoisotopic (exact) mass is 304 g/mol. The Morgan fingerprint density at radius 1 is 1.64 bits per heavy atom. The molecule has 2 heterocycles. The lowest BCUT2D eigenvalue weighted by atomic mass is 10.2. The van der Waals surface area contributed by atoms with E-state index in [-0.39, 0.29) is 18.6 Å². The maximum Gasteiger partial charge on any atom is 0.243 e. The van der Waals surface area contributed by atoms with Crippen molar-refractivity contribution in [3.8, 4) is 0 Å². The van der Waals surface area contributed by atoms with Crippen molar-refractivity contribution in [1.29, 1.82) is 0 Å². The zero-order valence-electron chi connectivity index (χ0n) is 12.5. The number of fused-ring (bicyclic) bond motifs is 1. The molecule has 2 atom stereocenters. The number of imidazole rings is 1. The number of anilines is 1. The number of H-pyrrole nitrogens is 1. The number of aromatic nitrogens is 2. The van der Waals surface area contributed by atoms with Crippen molar-refractivity contribution in [3.63, 3.8) is 0 Å². The second-order valence-corrected chi connectivity index (χ2v) is 5.41. The van der Waals surface area contributed by atoms with Gasteiger partial charge in [-0.05, 0) is 31.0 Å². The number of benzene rings is 1. The van der Waals surface area contributed by atoms with Gasteiger partial charge in [0.1, 0.15) is 18.0 Å². The molecule has 0 aliphatic carbocycles. The Balaban J connectivity index is 1.76. The third-order valence-electron chi connectivity index (χ3n) is 3.69. The first-order chi connectivity index (χ1) is 10.7. The molecule has 1 amide bonds. The molecule has 118 valence electrons. The van der Waals surface area contributed by atoms with Crippen molar-refractivity contribution in [2.24, 2.45) is 5.73 Å². The van der Waals surface area contributed by atoms with Crippen LogP contribution in [0, 0.1) is 0 Å². The van der Waals surface area contributed by atoms with Crippen LogP contribution in [0.15, 0.2) is 18.2 Å². The van der Waals surface area contributed by atoms with Crippen molar-refractivity contribution in [2.75, 3.05) is 25.6 Å². The number of carbonyl (C=O) groups excluding carboxylic acids is 1. The summed E-state index contributed by atoms with van der Waals surface area (Å²) in [5.74, 6) is 0.562. The number of aromatic amines is 1. The Hall–Kier alpha value is -1.96. The van der Waals surface area contributed by atoms with E-state index in [1.807, 2.05) is 12.1 Å². The van der Waals surface area contributed by atoms with E-state index >= 15 is 0 Å². The fraction of sp³-hybridized carbons (Fsp3) is 0.467. The molecule has 0 radical (unpaired) electrons. The predicted octanol–water partition coefficient (Wildman–Crippen LogP) is 1.33. The number of rotatable bonds is 5. The number of nitrogens with two attached hydrogens (primary N) is 1. The van der Waals surface area contributed by atoms with Gasteiger partial charge >= 0.3 is 0 Å². The summed E-state index contributed by atoms with van der Waals surface area (Å²) in [6.07, 6.45) is 2.08. The normalized spacial score (nSPS) is 19.5. The molecular weight excluding hydrogens is 284 g/mol. The number of hydrogen-bond acceptors (Lipinski definition) is 5. The SMILES string of the molecule is COCC(N)C(=O)Nc1ccc2nc(C3CCCO3)[nH]c2c1. The lowest BCUT2D eigenvalue weighted by Crippen LogP contribution is -2.39. The number of nitrogens with zero attached hydrogens (tertiary/aromatic N) is 1. The predicted molar refractivity (Wildman–Crippen MR) is 82.5 cm³/mol. The number of amides is 1. The van der Waals surface area contributed by atoms with E-state index in [1.54, 1.807) is 6.07 Å². The third-order valence-corrected chi connectivity index (χ3v) is 3.69. The van der Waals surface area contributed by atoms with E-state index in [4.69, 9.17) is 15.2 Å². The molecule has 1 aliphatic rings. The average molecular weight is 304 g/mol. The quantitative estimate of drug-likeness (QED) is 0.773. The molecule has 1 fully saturated rings. The van der Waals surface area contributed by atoms with Crippen molar-refractivity contribution in [3.05, 3.63) is 24.0 Å². The molecule has 1 saturated heterocycles. The van der Waals surface area contributed by atoms with Crippen LogP contribution in [0.5, 0.6) is 0 Å². The van der Waals surface area contributed by atoms with Crippen LogP contribution in [0.2, 0.25) is 0 Å². The van der Waals surface area contributed by atoms with Gasteiger partial charge < -0.3 is 25.5 Å². The maximum absolute atomic E-state index is 11.9. The number of hydrogen-bond donors (Lipinski definition) is 3. The van der Waals surface area contributed by atoms with Crippen LogP contribution < -0.4 is 11.1 Å². The van der Waals surface area contributed by atoms with Crippen LogP contribution in [0.25, 0.3) is 11.0 Å². The fourth-order valence-electron chi connectivity index (χ4n) is 2.54. The van der Waals surface area contributed by atoms with Crippen LogP contribution in [-0.2, 0) is 14.3 Å². The van der Waals surface area contributed by atoms with E-state index < -0.39 is 6.04 Å². The Morgan fingerprint density at radius 2 is 2.50 bits per heavy atom.